The number of hydrogen-bond donors (Lipinski definition) is 0. The highest BCUT2D eigenvalue weighted by Crippen LogP contribution is 2.53. The van der Waals surface area contributed by atoms with Crippen molar-refractivity contribution in [3.63, 3.8) is 0 Å². The molecule has 0 bridgehead atoms. The maximum absolute atomic E-state index is 11.8. The molecule has 17 heavy (non-hydrogen) atoms. The van der Waals surface area contributed by atoms with Crippen LogP contribution in [0.3, 0.4) is 0 Å². The average molecular weight is 316 g/mol. The van der Waals surface area contributed by atoms with E-state index in [2.05, 4.69) is 22.0 Å². The highest BCUT2D eigenvalue weighted by atomic mass is 79.9. The molecule has 0 N–H and O–H groups in total. The number of hydrogen-bond acceptors (Lipinski definition) is 2. The molecule has 3 nitrogen and oxygen atoms in total. The van der Waals surface area contributed by atoms with Crippen LogP contribution in [0.4, 0.5) is 5.69 Å². The Labute approximate surface area is 110 Å². The molecule has 1 spiro atoms. The average Bonchev–Trinajstić information content (AvgIpc) is 2.50. The third-order valence-corrected chi connectivity index (χ3v) is 5.58. The van der Waals surface area contributed by atoms with Crippen LogP contribution in [0.25, 0.3) is 0 Å². The lowest BCUT2D eigenvalue weighted by Gasteiger charge is -2.38. The lowest BCUT2D eigenvalue weighted by atomic mass is 9.66. The van der Waals surface area contributed by atoms with Crippen molar-refractivity contribution in [3.05, 3.63) is 28.2 Å². The summed E-state index contributed by atoms with van der Waals surface area (Å²) in [5.41, 5.74) is 2.16. The zero-order valence-electron chi connectivity index (χ0n) is 9.61. The van der Waals surface area contributed by atoms with Crippen molar-refractivity contribution in [3.8, 4) is 0 Å². The van der Waals surface area contributed by atoms with Gasteiger partial charge in [0.2, 0.25) is 10.0 Å². The monoisotopic (exact) mass is 315 g/mol. The van der Waals surface area contributed by atoms with E-state index in [0.29, 0.717) is 6.54 Å². The Bertz CT molecular complexity index is 578. The van der Waals surface area contributed by atoms with E-state index in [1.54, 1.807) is 4.31 Å². The van der Waals surface area contributed by atoms with Gasteiger partial charge in [0.15, 0.2) is 0 Å². The smallest absolute Gasteiger partial charge is 0.232 e. The molecule has 2 aliphatic rings. The molecule has 5 heteroatoms. The van der Waals surface area contributed by atoms with E-state index in [0.717, 1.165) is 23.0 Å². The maximum atomic E-state index is 11.8. The summed E-state index contributed by atoms with van der Waals surface area (Å²) in [6, 6.07) is 6.00. The largest absolute Gasteiger partial charge is 0.269 e. The van der Waals surface area contributed by atoms with Crippen LogP contribution in [0.2, 0.25) is 0 Å². The van der Waals surface area contributed by atoms with Crippen molar-refractivity contribution >= 4 is 31.6 Å². The van der Waals surface area contributed by atoms with Crippen LogP contribution in [0.1, 0.15) is 24.8 Å². The van der Waals surface area contributed by atoms with Crippen LogP contribution in [-0.2, 0) is 15.4 Å². The minimum absolute atomic E-state index is 0.0963. The molecule has 92 valence electrons. The first kappa shape index (κ1) is 11.5. The summed E-state index contributed by atoms with van der Waals surface area (Å²) in [6.45, 7) is 0.623. The van der Waals surface area contributed by atoms with E-state index in [-0.39, 0.29) is 5.41 Å². The van der Waals surface area contributed by atoms with Crippen molar-refractivity contribution in [2.75, 3.05) is 17.1 Å². The lowest BCUT2D eigenvalue weighted by molar-refractivity contribution is 0.268. The van der Waals surface area contributed by atoms with Gasteiger partial charge in [-0.15, -0.1) is 0 Å². The third-order valence-electron chi connectivity index (χ3n) is 3.96. The zero-order chi connectivity index (χ0) is 12.3. The summed E-state index contributed by atoms with van der Waals surface area (Å²) in [5.74, 6) is 0. The van der Waals surface area contributed by atoms with Crippen LogP contribution in [0.15, 0.2) is 22.7 Å². The highest BCUT2D eigenvalue weighted by Gasteiger charge is 2.49. The van der Waals surface area contributed by atoms with Crippen LogP contribution in [0, 0.1) is 0 Å². The summed E-state index contributed by atoms with van der Waals surface area (Å²) in [7, 11) is -3.17. The second-order valence-electron chi connectivity index (χ2n) is 5.06. The molecular formula is C12H14BrNO2S. The van der Waals surface area contributed by atoms with Gasteiger partial charge in [-0.1, -0.05) is 28.4 Å². The van der Waals surface area contributed by atoms with Crippen molar-refractivity contribution in [2.24, 2.45) is 0 Å². The highest BCUT2D eigenvalue weighted by molar-refractivity contribution is 9.10. The van der Waals surface area contributed by atoms with E-state index in [4.69, 9.17) is 0 Å². The summed E-state index contributed by atoms with van der Waals surface area (Å²) >= 11 is 3.42. The first-order valence-electron chi connectivity index (χ1n) is 5.70. The molecule has 1 aliphatic carbocycles. The molecule has 1 saturated carbocycles. The number of fused-ring (bicyclic) bond motifs is 2. The second-order valence-corrected chi connectivity index (χ2v) is 7.89. The van der Waals surface area contributed by atoms with Gasteiger partial charge in [-0.2, -0.15) is 0 Å². The minimum atomic E-state index is -3.17. The molecule has 1 aliphatic heterocycles. The Hall–Kier alpha value is -0.550. The standard InChI is InChI=1S/C12H14BrNO2S/c1-17(15,16)14-8-12(5-2-6-12)10-4-3-9(13)7-11(10)14/h3-4,7H,2,5-6,8H2,1H3. The van der Waals surface area contributed by atoms with Crippen molar-refractivity contribution < 1.29 is 8.42 Å². The fourth-order valence-electron chi connectivity index (χ4n) is 2.93. The zero-order valence-corrected chi connectivity index (χ0v) is 12.0. The Morgan fingerprint density at radius 2 is 2.06 bits per heavy atom. The van der Waals surface area contributed by atoms with Gasteiger partial charge in [-0.05, 0) is 30.5 Å². The van der Waals surface area contributed by atoms with Gasteiger partial charge in [-0.3, -0.25) is 4.31 Å². The molecule has 0 atom stereocenters. The number of anilines is 1. The first-order chi connectivity index (χ1) is 7.92. The first-order valence-corrected chi connectivity index (χ1v) is 8.34. The molecule has 1 heterocycles. The normalized spacial score (nSPS) is 21.4. The van der Waals surface area contributed by atoms with E-state index in [9.17, 15) is 8.42 Å². The van der Waals surface area contributed by atoms with Crippen LogP contribution >= 0.6 is 15.9 Å². The molecular weight excluding hydrogens is 302 g/mol. The van der Waals surface area contributed by atoms with E-state index in [1.807, 2.05) is 12.1 Å². The Balaban J connectivity index is 2.18. The summed E-state index contributed by atoms with van der Waals surface area (Å²) in [4.78, 5) is 0. The molecule has 0 saturated heterocycles. The number of benzene rings is 1. The molecule has 3 rings (SSSR count). The van der Waals surface area contributed by atoms with Gasteiger partial charge >= 0.3 is 0 Å². The predicted molar refractivity (Wildman–Crippen MR) is 71.9 cm³/mol. The van der Waals surface area contributed by atoms with E-state index in [1.165, 1.54) is 18.2 Å². The fourth-order valence-corrected chi connectivity index (χ4v) is 4.27. The van der Waals surface area contributed by atoms with Gasteiger partial charge in [0.1, 0.15) is 0 Å². The summed E-state index contributed by atoms with van der Waals surface area (Å²) in [6.07, 6.45) is 4.70. The van der Waals surface area contributed by atoms with Gasteiger partial charge in [0.05, 0.1) is 11.9 Å². The van der Waals surface area contributed by atoms with E-state index >= 15 is 0 Å². The predicted octanol–water partition coefficient (Wildman–Crippen LogP) is 2.65. The van der Waals surface area contributed by atoms with E-state index < -0.39 is 10.0 Å². The molecule has 1 fully saturated rings. The number of nitrogens with zero attached hydrogens (tertiary/aromatic N) is 1. The Kier molecular flexibility index (Phi) is 2.36. The van der Waals surface area contributed by atoms with Gasteiger partial charge in [0, 0.05) is 16.4 Å². The number of sulfonamides is 1. The third kappa shape index (κ3) is 1.63. The van der Waals surface area contributed by atoms with Crippen molar-refractivity contribution in [2.45, 2.75) is 24.7 Å². The molecule has 0 amide bonds. The quantitative estimate of drug-likeness (QED) is 0.799. The second kappa shape index (κ2) is 3.48. The summed E-state index contributed by atoms with van der Waals surface area (Å²) in [5, 5.41) is 0. The van der Waals surface area contributed by atoms with Gasteiger partial charge in [0.25, 0.3) is 0 Å². The van der Waals surface area contributed by atoms with Gasteiger partial charge in [-0.25, -0.2) is 8.42 Å². The fraction of sp³-hybridized carbons (Fsp3) is 0.500. The van der Waals surface area contributed by atoms with Crippen LogP contribution < -0.4 is 4.31 Å². The lowest BCUT2D eigenvalue weighted by Crippen LogP contribution is -2.41. The summed E-state index contributed by atoms with van der Waals surface area (Å²) < 4.78 is 26.2. The maximum Gasteiger partial charge on any atom is 0.232 e. The molecule has 1 aromatic rings. The van der Waals surface area contributed by atoms with Crippen LogP contribution in [-0.4, -0.2) is 21.2 Å². The van der Waals surface area contributed by atoms with Crippen LogP contribution in [0.5, 0.6) is 0 Å². The topological polar surface area (TPSA) is 37.4 Å². The molecule has 1 aromatic carbocycles. The molecule has 0 aromatic heterocycles. The Morgan fingerprint density at radius 3 is 2.59 bits per heavy atom. The SMILES string of the molecule is CS(=O)(=O)N1CC2(CCC2)c2ccc(Br)cc21. The Morgan fingerprint density at radius 1 is 1.35 bits per heavy atom. The van der Waals surface area contributed by atoms with Crippen molar-refractivity contribution in [1.82, 2.24) is 0 Å². The number of rotatable bonds is 1. The minimum Gasteiger partial charge on any atom is -0.269 e. The van der Waals surface area contributed by atoms with Crippen molar-refractivity contribution in [1.29, 1.82) is 0 Å². The van der Waals surface area contributed by atoms with Gasteiger partial charge < -0.3 is 0 Å². The number of halogens is 1. The molecule has 0 unspecified atom stereocenters. The molecule has 0 radical (unpaired) electrons.